The third-order valence-electron chi connectivity index (χ3n) is 1.32. The second-order valence-electron chi connectivity index (χ2n) is 2.69. The zero-order valence-corrected chi connectivity index (χ0v) is 8.01. The van der Waals surface area contributed by atoms with Crippen molar-refractivity contribution in [1.82, 2.24) is 4.98 Å². The molecule has 1 atom stereocenters. The topological polar surface area (TPSA) is 38.9 Å². The highest BCUT2D eigenvalue weighted by molar-refractivity contribution is 9.10. The second-order valence-corrected chi connectivity index (χ2v) is 3.61. The van der Waals surface area contributed by atoms with Crippen molar-refractivity contribution in [3.63, 3.8) is 0 Å². The minimum atomic E-state index is 0.200. The third kappa shape index (κ3) is 2.99. The van der Waals surface area contributed by atoms with Crippen LogP contribution in [-0.4, -0.2) is 11.0 Å². The Balaban J connectivity index is 2.71. The van der Waals surface area contributed by atoms with Crippen molar-refractivity contribution in [2.24, 2.45) is 5.73 Å². The molecule has 1 aromatic heterocycles. The molecule has 0 saturated heterocycles. The SMILES string of the molecule is C[C@H](N)Cc1cncc(Br)c1. The van der Waals surface area contributed by atoms with Gasteiger partial charge < -0.3 is 5.73 Å². The van der Waals surface area contributed by atoms with Gasteiger partial charge in [-0.2, -0.15) is 0 Å². The molecule has 0 saturated carbocycles. The van der Waals surface area contributed by atoms with Gasteiger partial charge in [-0.3, -0.25) is 4.98 Å². The average molecular weight is 215 g/mol. The van der Waals surface area contributed by atoms with Gasteiger partial charge in [0, 0.05) is 22.9 Å². The largest absolute Gasteiger partial charge is 0.328 e. The monoisotopic (exact) mass is 214 g/mol. The molecule has 0 aliphatic heterocycles. The quantitative estimate of drug-likeness (QED) is 0.815. The van der Waals surface area contributed by atoms with Crippen molar-refractivity contribution >= 4 is 15.9 Å². The number of hydrogen-bond donors (Lipinski definition) is 1. The number of rotatable bonds is 2. The first-order valence-corrected chi connectivity index (χ1v) is 4.33. The summed E-state index contributed by atoms with van der Waals surface area (Å²) in [4.78, 5) is 4.03. The van der Waals surface area contributed by atoms with Gasteiger partial charge in [-0.05, 0) is 40.9 Å². The van der Waals surface area contributed by atoms with Crippen molar-refractivity contribution in [2.75, 3.05) is 0 Å². The Morgan fingerprint density at radius 2 is 2.36 bits per heavy atom. The highest BCUT2D eigenvalue weighted by Gasteiger charge is 1.97. The molecule has 0 unspecified atom stereocenters. The molecule has 0 radical (unpaired) electrons. The van der Waals surface area contributed by atoms with Gasteiger partial charge in [0.25, 0.3) is 0 Å². The maximum absolute atomic E-state index is 5.63. The lowest BCUT2D eigenvalue weighted by Gasteiger charge is -2.03. The number of nitrogens with two attached hydrogens (primary N) is 1. The number of aromatic nitrogens is 1. The van der Waals surface area contributed by atoms with Crippen LogP contribution < -0.4 is 5.73 Å². The van der Waals surface area contributed by atoms with Crippen LogP contribution in [0.2, 0.25) is 0 Å². The summed E-state index contributed by atoms with van der Waals surface area (Å²) in [6.45, 7) is 1.99. The summed E-state index contributed by atoms with van der Waals surface area (Å²) in [6.07, 6.45) is 4.49. The molecule has 2 nitrogen and oxygen atoms in total. The molecular weight excluding hydrogens is 204 g/mol. The smallest absolute Gasteiger partial charge is 0.0410 e. The van der Waals surface area contributed by atoms with Crippen LogP contribution in [0, 0.1) is 0 Å². The zero-order chi connectivity index (χ0) is 8.27. The van der Waals surface area contributed by atoms with Crippen LogP contribution in [0.15, 0.2) is 22.9 Å². The van der Waals surface area contributed by atoms with Crippen molar-refractivity contribution in [2.45, 2.75) is 19.4 Å². The van der Waals surface area contributed by atoms with Gasteiger partial charge in [0.15, 0.2) is 0 Å². The summed E-state index contributed by atoms with van der Waals surface area (Å²) < 4.78 is 1.01. The van der Waals surface area contributed by atoms with Gasteiger partial charge in [-0.25, -0.2) is 0 Å². The van der Waals surface area contributed by atoms with Crippen molar-refractivity contribution < 1.29 is 0 Å². The van der Waals surface area contributed by atoms with Gasteiger partial charge in [0.2, 0.25) is 0 Å². The van der Waals surface area contributed by atoms with Gasteiger partial charge >= 0.3 is 0 Å². The predicted octanol–water partition coefficient (Wildman–Crippen LogP) is 1.73. The maximum atomic E-state index is 5.63. The van der Waals surface area contributed by atoms with E-state index in [4.69, 9.17) is 5.73 Å². The molecule has 60 valence electrons. The summed E-state index contributed by atoms with van der Waals surface area (Å²) in [7, 11) is 0. The fraction of sp³-hybridized carbons (Fsp3) is 0.375. The second kappa shape index (κ2) is 3.83. The Kier molecular flexibility index (Phi) is 3.02. The highest BCUT2D eigenvalue weighted by Crippen LogP contribution is 2.10. The third-order valence-corrected chi connectivity index (χ3v) is 1.75. The molecule has 0 aliphatic rings. The van der Waals surface area contributed by atoms with Crippen LogP contribution in [0.3, 0.4) is 0 Å². The maximum Gasteiger partial charge on any atom is 0.0410 e. The van der Waals surface area contributed by atoms with E-state index >= 15 is 0 Å². The summed E-state index contributed by atoms with van der Waals surface area (Å²) in [6, 6.07) is 2.24. The lowest BCUT2D eigenvalue weighted by Crippen LogP contribution is -2.17. The van der Waals surface area contributed by atoms with Gasteiger partial charge in [0.05, 0.1) is 0 Å². The number of hydrogen-bond acceptors (Lipinski definition) is 2. The summed E-state index contributed by atoms with van der Waals surface area (Å²) in [5.74, 6) is 0. The van der Waals surface area contributed by atoms with E-state index < -0.39 is 0 Å². The first kappa shape index (κ1) is 8.68. The minimum absolute atomic E-state index is 0.200. The lowest BCUT2D eigenvalue weighted by atomic mass is 10.1. The van der Waals surface area contributed by atoms with Crippen LogP contribution in [0.25, 0.3) is 0 Å². The Labute approximate surface area is 75.0 Å². The summed E-state index contributed by atoms with van der Waals surface area (Å²) in [5.41, 5.74) is 6.81. The van der Waals surface area contributed by atoms with E-state index in [9.17, 15) is 0 Å². The van der Waals surface area contributed by atoms with Crippen LogP contribution in [-0.2, 0) is 6.42 Å². The van der Waals surface area contributed by atoms with E-state index in [0.29, 0.717) is 0 Å². The molecule has 1 rings (SSSR count). The molecule has 0 spiro atoms. The molecule has 3 heteroatoms. The van der Waals surface area contributed by atoms with Crippen molar-refractivity contribution in [3.8, 4) is 0 Å². The number of pyridine rings is 1. The Hall–Kier alpha value is -0.410. The molecule has 0 fully saturated rings. The van der Waals surface area contributed by atoms with E-state index in [-0.39, 0.29) is 6.04 Å². The minimum Gasteiger partial charge on any atom is -0.328 e. The fourth-order valence-corrected chi connectivity index (χ4v) is 1.35. The van der Waals surface area contributed by atoms with Gasteiger partial charge in [0.1, 0.15) is 0 Å². The first-order chi connectivity index (χ1) is 5.18. The Bertz CT molecular complexity index is 235. The lowest BCUT2D eigenvalue weighted by molar-refractivity contribution is 0.735. The fourth-order valence-electron chi connectivity index (χ4n) is 0.939. The van der Waals surface area contributed by atoms with Crippen molar-refractivity contribution in [3.05, 3.63) is 28.5 Å². The highest BCUT2D eigenvalue weighted by atomic mass is 79.9. The van der Waals surface area contributed by atoms with E-state index in [1.807, 2.05) is 19.2 Å². The van der Waals surface area contributed by atoms with Crippen LogP contribution >= 0.6 is 15.9 Å². The molecule has 2 N–H and O–H groups in total. The molecule has 11 heavy (non-hydrogen) atoms. The normalized spacial score (nSPS) is 13.0. The molecule has 0 aromatic carbocycles. The molecule has 1 aromatic rings. The Morgan fingerprint density at radius 3 is 2.91 bits per heavy atom. The summed E-state index contributed by atoms with van der Waals surface area (Å²) in [5, 5.41) is 0. The predicted molar refractivity (Wildman–Crippen MR) is 49.3 cm³/mol. The average Bonchev–Trinajstić information content (AvgIpc) is 1.85. The van der Waals surface area contributed by atoms with Crippen LogP contribution in [0.1, 0.15) is 12.5 Å². The number of nitrogens with zero attached hydrogens (tertiary/aromatic N) is 1. The van der Waals surface area contributed by atoms with E-state index in [0.717, 1.165) is 10.9 Å². The number of halogens is 1. The van der Waals surface area contributed by atoms with E-state index in [1.165, 1.54) is 5.56 Å². The summed E-state index contributed by atoms with van der Waals surface area (Å²) >= 11 is 3.35. The van der Waals surface area contributed by atoms with Gasteiger partial charge in [-0.1, -0.05) is 0 Å². The molecule has 0 bridgehead atoms. The van der Waals surface area contributed by atoms with Crippen LogP contribution in [0.5, 0.6) is 0 Å². The Morgan fingerprint density at radius 1 is 1.64 bits per heavy atom. The van der Waals surface area contributed by atoms with Gasteiger partial charge in [-0.15, -0.1) is 0 Å². The van der Waals surface area contributed by atoms with E-state index in [2.05, 4.69) is 20.9 Å². The standard InChI is InChI=1S/C8H11BrN2/c1-6(10)2-7-3-8(9)5-11-4-7/h3-6H,2,10H2,1H3/t6-/m0/s1. The molecular formula is C8H11BrN2. The molecule has 0 amide bonds. The zero-order valence-electron chi connectivity index (χ0n) is 6.42. The molecule has 1 heterocycles. The molecule has 0 aliphatic carbocycles. The van der Waals surface area contributed by atoms with Crippen molar-refractivity contribution in [1.29, 1.82) is 0 Å². The first-order valence-electron chi connectivity index (χ1n) is 3.53. The van der Waals surface area contributed by atoms with Crippen LogP contribution in [0.4, 0.5) is 0 Å². The van der Waals surface area contributed by atoms with E-state index in [1.54, 1.807) is 6.20 Å².